The zero-order valence-electron chi connectivity index (χ0n) is 18.9. The fraction of sp³-hybridized carbons (Fsp3) is 0.172. The van der Waals surface area contributed by atoms with Gasteiger partial charge in [-0.05, 0) is 43.5 Å². The molecule has 0 unspecified atom stereocenters. The highest BCUT2D eigenvalue weighted by Crippen LogP contribution is 2.48. The first-order valence-corrected chi connectivity index (χ1v) is 11.8. The van der Waals surface area contributed by atoms with E-state index in [4.69, 9.17) is 11.6 Å². The van der Waals surface area contributed by atoms with Gasteiger partial charge in [-0.3, -0.25) is 15.1 Å². The van der Waals surface area contributed by atoms with E-state index in [1.165, 1.54) is 0 Å². The summed E-state index contributed by atoms with van der Waals surface area (Å²) in [5.74, 6) is -0.299. The number of ketones is 1. The van der Waals surface area contributed by atoms with Gasteiger partial charge in [0.1, 0.15) is 11.6 Å². The Hall–Kier alpha value is -3.63. The largest absolute Gasteiger partial charge is 0.507 e. The number of hydrogen-bond acceptors (Lipinski definition) is 3. The van der Waals surface area contributed by atoms with Crippen molar-refractivity contribution in [3.8, 4) is 0 Å². The van der Waals surface area contributed by atoms with Gasteiger partial charge < -0.3 is 5.11 Å². The minimum absolute atomic E-state index is 0.00752. The minimum Gasteiger partial charge on any atom is -0.507 e. The number of amidine groups is 1. The van der Waals surface area contributed by atoms with Gasteiger partial charge in [0.15, 0.2) is 5.78 Å². The summed E-state index contributed by atoms with van der Waals surface area (Å²) >= 11 is 6.31. The van der Waals surface area contributed by atoms with Crippen LogP contribution >= 0.6 is 11.6 Å². The molecule has 1 atom stereocenters. The number of aliphatic hydroxyl groups is 1. The van der Waals surface area contributed by atoms with Crippen molar-refractivity contribution in [3.63, 3.8) is 0 Å². The maximum atomic E-state index is 13.4. The van der Waals surface area contributed by atoms with E-state index in [9.17, 15) is 15.3 Å². The summed E-state index contributed by atoms with van der Waals surface area (Å²) in [6.45, 7) is 2.02. The number of allylic oxidation sites excluding steroid dienone is 2. The first-order valence-electron chi connectivity index (χ1n) is 11.4. The number of carbonyl (C=O) groups is 1. The summed E-state index contributed by atoms with van der Waals surface area (Å²) in [4.78, 5) is 15.2. The molecule has 0 bridgehead atoms. The van der Waals surface area contributed by atoms with E-state index >= 15 is 0 Å². The lowest BCUT2D eigenvalue weighted by Crippen LogP contribution is -2.42. The van der Waals surface area contributed by atoms with Gasteiger partial charge in [0.25, 0.3) is 0 Å². The van der Waals surface area contributed by atoms with Gasteiger partial charge in [0.2, 0.25) is 0 Å². The summed E-state index contributed by atoms with van der Waals surface area (Å²) in [5.41, 5.74) is 5.21. The molecule has 5 heteroatoms. The second-order valence-electron chi connectivity index (χ2n) is 8.77. The molecule has 0 spiro atoms. The van der Waals surface area contributed by atoms with Crippen molar-refractivity contribution in [1.82, 2.24) is 0 Å². The molecule has 170 valence electrons. The Balaban J connectivity index is 1.83. The first-order chi connectivity index (χ1) is 16.5. The first kappa shape index (κ1) is 22.2. The Morgan fingerprint density at radius 1 is 1.00 bits per heavy atom. The molecule has 1 aliphatic heterocycles. The third-order valence-electron chi connectivity index (χ3n) is 6.53. The molecule has 0 saturated heterocycles. The molecule has 1 heterocycles. The van der Waals surface area contributed by atoms with Gasteiger partial charge in [-0.1, -0.05) is 77.8 Å². The molecule has 0 saturated carbocycles. The monoisotopic (exact) mass is 468 g/mol. The van der Waals surface area contributed by atoms with Gasteiger partial charge in [-0.2, -0.15) is 0 Å². The van der Waals surface area contributed by atoms with Crippen LogP contribution in [0.15, 0.2) is 95.7 Å². The van der Waals surface area contributed by atoms with E-state index in [1.807, 2.05) is 73.7 Å². The van der Waals surface area contributed by atoms with Crippen molar-refractivity contribution in [2.75, 3.05) is 4.90 Å². The van der Waals surface area contributed by atoms with Gasteiger partial charge in [-0.15, -0.1) is 0 Å². The molecule has 1 aliphatic carbocycles. The van der Waals surface area contributed by atoms with E-state index in [0.717, 1.165) is 23.2 Å². The predicted octanol–water partition coefficient (Wildman–Crippen LogP) is 7.21. The summed E-state index contributed by atoms with van der Waals surface area (Å²) in [7, 11) is 0. The summed E-state index contributed by atoms with van der Waals surface area (Å²) in [6, 6.07) is 24.5. The Morgan fingerprint density at radius 2 is 1.74 bits per heavy atom. The smallest absolute Gasteiger partial charge is 0.161 e. The van der Waals surface area contributed by atoms with Crippen molar-refractivity contribution < 1.29 is 9.90 Å². The average Bonchev–Trinajstić information content (AvgIpc) is 2.84. The fourth-order valence-corrected chi connectivity index (χ4v) is 5.12. The van der Waals surface area contributed by atoms with Crippen LogP contribution in [0, 0.1) is 12.3 Å². The number of carbonyl (C=O) groups excluding carboxylic acids is 1. The number of benzene rings is 3. The van der Waals surface area contributed by atoms with Crippen molar-refractivity contribution >= 4 is 34.7 Å². The van der Waals surface area contributed by atoms with Gasteiger partial charge >= 0.3 is 0 Å². The summed E-state index contributed by atoms with van der Waals surface area (Å²) in [5, 5.41) is 21.4. The molecule has 0 amide bonds. The van der Waals surface area contributed by atoms with E-state index in [2.05, 4.69) is 0 Å². The summed E-state index contributed by atoms with van der Waals surface area (Å²) < 4.78 is 0. The second kappa shape index (κ2) is 8.96. The molecule has 5 rings (SSSR count). The number of rotatable bonds is 3. The average molecular weight is 469 g/mol. The highest BCUT2D eigenvalue weighted by molar-refractivity contribution is 6.31. The van der Waals surface area contributed by atoms with Crippen LogP contribution in [-0.2, 0) is 4.79 Å². The van der Waals surface area contributed by atoms with Crippen molar-refractivity contribution in [3.05, 3.63) is 117 Å². The van der Waals surface area contributed by atoms with E-state index < -0.39 is 5.92 Å². The SMILES string of the molecule is Cc1ccc([C@H]2C3=C(CCCC3=O)N(c3cccc(Cl)c3)C(=N)/C2=C(/O)c2ccccc2)cc1. The van der Waals surface area contributed by atoms with Crippen LogP contribution in [0.5, 0.6) is 0 Å². The molecule has 3 aromatic carbocycles. The maximum Gasteiger partial charge on any atom is 0.161 e. The van der Waals surface area contributed by atoms with Crippen LogP contribution in [0.2, 0.25) is 5.02 Å². The van der Waals surface area contributed by atoms with Crippen molar-refractivity contribution in [1.29, 1.82) is 5.41 Å². The highest BCUT2D eigenvalue weighted by Gasteiger charge is 2.43. The van der Waals surface area contributed by atoms with E-state index in [0.29, 0.717) is 40.3 Å². The molecule has 0 radical (unpaired) electrons. The third kappa shape index (κ3) is 3.84. The zero-order chi connectivity index (χ0) is 23.8. The number of anilines is 1. The maximum absolute atomic E-state index is 13.4. The van der Waals surface area contributed by atoms with E-state index in [-0.39, 0.29) is 17.4 Å². The fourth-order valence-electron chi connectivity index (χ4n) is 4.94. The lowest BCUT2D eigenvalue weighted by atomic mass is 9.73. The molecule has 0 fully saturated rings. The second-order valence-corrected chi connectivity index (χ2v) is 9.21. The van der Waals surface area contributed by atoms with Crippen molar-refractivity contribution in [2.45, 2.75) is 32.1 Å². The Bertz CT molecular complexity index is 1340. The topological polar surface area (TPSA) is 64.4 Å². The molecule has 2 N–H and O–H groups in total. The quantitative estimate of drug-likeness (QED) is 0.399. The molecular formula is C29H25ClN2O2. The molecule has 3 aromatic rings. The summed E-state index contributed by atoms with van der Waals surface area (Å²) in [6.07, 6.45) is 1.86. The third-order valence-corrected chi connectivity index (χ3v) is 6.77. The van der Waals surface area contributed by atoms with Gasteiger partial charge in [0, 0.05) is 45.5 Å². The van der Waals surface area contributed by atoms with Crippen LogP contribution in [0.25, 0.3) is 5.76 Å². The van der Waals surface area contributed by atoms with Crippen LogP contribution < -0.4 is 4.90 Å². The predicted molar refractivity (Wildman–Crippen MR) is 137 cm³/mol. The van der Waals surface area contributed by atoms with Crippen LogP contribution in [-0.4, -0.2) is 16.7 Å². The van der Waals surface area contributed by atoms with Gasteiger partial charge in [-0.25, -0.2) is 0 Å². The number of halogens is 1. The molecule has 34 heavy (non-hydrogen) atoms. The standard InChI is InChI=1S/C29H25ClN2O2/c1-18-13-15-19(16-14-18)25-26-23(11-6-12-24(26)33)32(22-10-5-9-21(30)17-22)29(31)27(25)28(34)20-7-3-2-4-8-20/h2-5,7-10,13-17,25,31,34H,6,11-12H2,1H3/b28-27+,31-29?/t25-/m0/s1. The molecular weight excluding hydrogens is 444 g/mol. The Kier molecular flexibility index (Phi) is 5.84. The minimum atomic E-state index is -0.522. The number of aliphatic hydroxyl groups excluding tert-OH is 1. The van der Waals surface area contributed by atoms with Crippen molar-refractivity contribution in [2.24, 2.45) is 0 Å². The lowest BCUT2D eigenvalue weighted by Gasteiger charge is -2.41. The Morgan fingerprint density at radius 3 is 2.44 bits per heavy atom. The van der Waals surface area contributed by atoms with Crippen LogP contribution in [0.1, 0.15) is 41.9 Å². The number of aryl methyl sites for hydroxylation is 1. The molecule has 4 nitrogen and oxygen atoms in total. The number of hydrogen-bond donors (Lipinski definition) is 2. The number of Topliss-reactive ketones (excluding diaryl/α,β-unsaturated/α-hetero) is 1. The molecule has 0 aromatic heterocycles. The normalized spacial score (nSPS) is 19.8. The molecule has 2 aliphatic rings. The number of nitrogens with zero attached hydrogens (tertiary/aromatic N) is 1. The lowest BCUT2D eigenvalue weighted by molar-refractivity contribution is -0.116. The highest BCUT2D eigenvalue weighted by atomic mass is 35.5. The van der Waals surface area contributed by atoms with Crippen LogP contribution in [0.3, 0.4) is 0 Å². The number of nitrogens with one attached hydrogen (secondary N) is 1. The zero-order valence-corrected chi connectivity index (χ0v) is 19.6. The Labute approximate surface area is 204 Å². The van der Waals surface area contributed by atoms with Gasteiger partial charge in [0.05, 0.1) is 0 Å². The van der Waals surface area contributed by atoms with Crippen LogP contribution in [0.4, 0.5) is 5.69 Å². The van der Waals surface area contributed by atoms with E-state index in [1.54, 1.807) is 17.0 Å².